The second kappa shape index (κ2) is 5.35. The Morgan fingerprint density at radius 3 is 3.00 bits per heavy atom. The van der Waals surface area contributed by atoms with Gasteiger partial charge in [0.1, 0.15) is 0 Å². The van der Waals surface area contributed by atoms with Gasteiger partial charge in [-0.2, -0.15) is 0 Å². The van der Waals surface area contributed by atoms with Crippen molar-refractivity contribution in [3.63, 3.8) is 0 Å². The van der Waals surface area contributed by atoms with Crippen molar-refractivity contribution < 1.29 is 9.18 Å². The van der Waals surface area contributed by atoms with E-state index in [4.69, 9.17) is 5.73 Å². The van der Waals surface area contributed by atoms with Crippen LogP contribution in [0.4, 0.5) is 4.39 Å². The molecule has 0 fully saturated rings. The van der Waals surface area contributed by atoms with Gasteiger partial charge in [0.25, 0.3) is 5.91 Å². The topological polar surface area (TPSA) is 68.0 Å². The van der Waals surface area contributed by atoms with Crippen molar-refractivity contribution in [3.8, 4) is 0 Å². The third kappa shape index (κ3) is 3.59. The first-order valence-electron chi connectivity index (χ1n) is 4.27. The molecule has 1 amide bonds. The van der Waals surface area contributed by atoms with Gasteiger partial charge in [-0.05, 0) is 6.07 Å². The average Bonchev–Trinajstić information content (AvgIpc) is 2.17. The van der Waals surface area contributed by atoms with E-state index in [0.29, 0.717) is 18.0 Å². The molecule has 6 heteroatoms. The van der Waals surface area contributed by atoms with Gasteiger partial charge in [-0.25, -0.2) is 4.39 Å². The minimum absolute atomic E-state index is 0.0343. The molecule has 0 bridgehead atoms. The standard InChI is InChI=1S/C9H10FN3OS/c10-7-5-12-3-1-6(7)9(14)13-4-2-8(11)15/h1,3,5H,2,4H2,(H2,11,15)(H,13,14). The number of pyridine rings is 1. The Labute approximate surface area is 91.7 Å². The number of nitrogens with two attached hydrogens (primary N) is 1. The van der Waals surface area contributed by atoms with E-state index in [2.05, 4.69) is 22.5 Å². The molecule has 0 atom stereocenters. The highest BCUT2D eigenvalue weighted by Gasteiger charge is 2.09. The van der Waals surface area contributed by atoms with Gasteiger partial charge >= 0.3 is 0 Å². The maximum Gasteiger partial charge on any atom is 0.254 e. The molecule has 0 radical (unpaired) electrons. The Balaban J connectivity index is 2.54. The molecule has 0 aromatic carbocycles. The minimum Gasteiger partial charge on any atom is -0.393 e. The number of carbonyl (C=O) groups excluding carboxylic acids is 1. The molecule has 0 aliphatic heterocycles. The van der Waals surface area contributed by atoms with Gasteiger partial charge in [-0.3, -0.25) is 9.78 Å². The lowest BCUT2D eigenvalue weighted by Gasteiger charge is -2.04. The zero-order chi connectivity index (χ0) is 11.3. The number of rotatable bonds is 4. The lowest BCUT2D eigenvalue weighted by atomic mass is 10.2. The summed E-state index contributed by atoms with van der Waals surface area (Å²) in [5.41, 5.74) is 5.21. The first-order valence-corrected chi connectivity index (χ1v) is 4.68. The van der Waals surface area contributed by atoms with E-state index in [9.17, 15) is 9.18 Å². The molecule has 0 aliphatic carbocycles. The summed E-state index contributed by atoms with van der Waals surface area (Å²) in [7, 11) is 0. The van der Waals surface area contributed by atoms with Crippen molar-refractivity contribution in [2.24, 2.45) is 5.73 Å². The minimum atomic E-state index is -0.648. The maximum absolute atomic E-state index is 13.1. The third-order valence-electron chi connectivity index (χ3n) is 1.67. The van der Waals surface area contributed by atoms with Crippen molar-refractivity contribution in [2.45, 2.75) is 6.42 Å². The number of carbonyl (C=O) groups is 1. The van der Waals surface area contributed by atoms with Crippen LogP contribution in [0.5, 0.6) is 0 Å². The summed E-state index contributed by atoms with van der Waals surface area (Å²) in [5.74, 6) is -1.14. The molecule has 0 unspecified atom stereocenters. The summed E-state index contributed by atoms with van der Waals surface area (Å²) < 4.78 is 13.1. The molecule has 0 saturated heterocycles. The van der Waals surface area contributed by atoms with E-state index in [0.717, 1.165) is 6.20 Å². The van der Waals surface area contributed by atoms with Gasteiger partial charge in [0, 0.05) is 19.2 Å². The average molecular weight is 227 g/mol. The monoisotopic (exact) mass is 227 g/mol. The van der Waals surface area contributed by atoms with Gasteiger partial charge in [0.05, 0.1) is 16.7 Å². The van der Waals surface area contributed by atoms with Crippen LogP contribution in [0.25, 0.3) is 0 Å². The number of thiocarbonyl (C=S) groups is 1. The Kier molecular flexibility index (Phi) is 4.11. The number of hydrogen-bond acceptors (Lipinski definition) is 3. The molecule has 1 aromatic heterocycles. The molecule has 0 saturated carbocycles. The number of amides is 1. The van der Waals surface area contributed by atoms with Crippen LogP contribution in [0.3, 0.4) is 0 Å². The van der Waals surface area contributed by atoms with Crippen LogP contribution in [0.1, 0.15) is 16.8 Å². The lowest BCUT2D eigenvalue weighted by molar-refractivity contribution is 0.0950. The van der Waals surface area contributed by atoms with Crippen molar-refractivity contribution >= 4 is 23.1 Å². The number of nitrogens with one attached hydrogen (secondary N) is 1. The van der Waals surface area contributed by atoms with Crippen LogP contribution in [0.2, 0.25) is 0 Å². The summed E-state index contributed by atoms with van der Waals surface area (Å²) in [5, 5.41) is 2.50. The van der Waals surface area contributed by atoms with E-state index >= 15 is 0 Å². The highest BCUT2D eigenvalue weighted by Crippen LogP contribution is 2.03. The van der Waals surface area contributed by atoms with Gasteiger partial charge in [0.2, 0.25) is 0 Å². The zero-order valence-electron chi connectivity index (χ0n) is 7.87. The zero-order valence-corrected chi connectivity index (χ0v) is 8.68. The van der Waals surface area contributed by atoms with Gasteiger partial charge in [-0.15, -0.1) is 0 Å². The van der Waals surface area contributed by atoms with Gasteiger partial charge in [-0.1, -0.05) is 12.2 Å². The third-order valence-corrected chi connectivity index (χ3v) is 1.88. The van der Waals surface area contributed by atoms with Crippen LogP contribution < -0.4 is 11.1 Å². The van der Waals surface area contributed by atoms with E-state index in [1.165, 1.54) is 12.3 Å². The second-order valence-electron chi connectivity index (χ2n) is 2.83. The Hall–Kier alpha value is -1.56. The molecule has 3 N–H and O–H groups in total. The maximum atomic E-state index is 13.1. The van der Waals surface area contributed by atoms with Crippen LogP contribution in [-0.2, 0) is 0 Å². The summed E-state index contributed by atoms with van der Waals surface area (Å²) in [6.07, 6.45) is 2.74. The number of nitrogens with zero attached hydrogens (tertiary/aromatic N) is 1. The number of hydrogen-bond donors (Lipinski definition) is 2. The van der Waals surface area contributed by atoms with Crippen molar-refractivity contribution in [2.75, 3.05) is 6.54 Å². The highest BCUT2D eigenvalue weighted by molar-refractivity contribution is 7.80. The van der Waals surface area contributed by atoms with Gasteiger partial charge < -0.3 is 11.1 Å². The van der Waals surface area contributed by atoms with Crippen molar-refractivity contribution in [3.05, 3.63) is 29.8 Å². The summed E-state index contributed by atoms with van der Waals surface area (Å²) in [6, 6.07) is 1.31. The number of halogens is 1. The molecule has 1 heterocycles. The molecular weight excluding hydrogens is 217 g/mol. The predicted octanol–water partition coefficient (Wildman–Crippen LogP) is 0.627. The van der Waals surface area contributed by atoms with E-state index in [1.54, 1.807) is 0 Å². The normalized spacial score (nSPS) is 9.67. The van der Waals surface area contributed by atoms with E-state index in [-0.39, 0.29) is 5.56 Å². The molecule has 1 aromatic rings. The SMILES string of the molecule is NC(=S)CCNC(=O)c1ccncc1F. The Morgan fingerprint density at radius 1 is 1.67 bits per heavy atom. The molecule has 1 rings (SSSR count). The van der Waals surface area contributed by atoms with E-state index < -0.39 is 11.7 Å². The van der Waals surface area contributed by atoms with Crippen LogP contribution in [0, 0.1) is 5.82 Å². The fourth-order valence-corrected chi connectivity index (χ4v) is 1.06. The largest absolute Gasteiger partial charge is 0.393 e. The molecule has 4 nitrogen and oxygen atoms in total. The van der Waals surface area contributed by atoms with E-state index in [1.807, 2.05) is 0 Å². The molecule has 80 valence electrons. The molecule has 15 heavy (non-hydrogen) atoms. The van der Waals surface area contributed by atoms with Gasteiger partial charge in [0.15, 0.2) is 5.82 Å². The first kappa shape index (κ1) is 11.5. The highest BCUT2D eigenvalue weighted by atomic mass is 32.1. The molecule has 0 spiro atoms. The Bertz CT molecular complexity index is 383. The second-order valence-corrected chi connectivity index (χ2v) is 3.35. The van der Waals surface area contributed by atoms with Crippen LogP contribution in [0.15, 0.2) is 18.5 Å². The number of aromatic nitrogens is 1. The predicted molar refractivity (Wildman–Crippen MR) is 57.9 cm³/mol. The summed E-state index contributed by atoms with van der Waals surface area (Å²) in [4.78, 5) is 15.2. The molecular formula is C9H10FN3OS. The summed E-state index contributed by atoms with van der Waals surface area (Å²) >= 11 is 4.63. The van der Waals surface area contributed by atoms with Crippen molar-refractivity contribution in [1.82, 2.24) is 10.3 Å². The smallest absolute Gasteiger partial charge is 0.254 e. The van der Waals surface area contributed by atoms with Crippen molar-refractivity contribution in [1.29, 1.82) is 0 Å². The molecule has 0 aliphatic rings. The lowest BCUT2D eigenvalue weighted by Crippen LogP contribution is -2.28. The first-order chi connectivity index (χ1) is 7.11. The fourth-order valence-electron chi connectivity index (χ4n) is 0.954. The summed E-state index contributed by atoms with van der Waals surface area (Å²) in [6.45, 7) is 0.302. The van der Waals surface area contributed by atoms with Crippen LogP contribution in [-0.4, -0.2) is 22.4 Å². The quantitative estimate of drug-likeness (QED) is 0.740. The van der Waals surface area contributed by atoms with Crippen LogP contribution >= 0.6 is 12.2 Å². The fraction of sp³-hybridized carbons (Fsp3) is 0.222. The Morgan fingerprint density at radius 2 is 2.40 bits per heavy atom.